The van der Waals surface area contributed by atoms with Gasteiger partial charge in [-0.1, -0.05) is 199 Å². The lowest BCUT2D eigenvalue weighted by Crippen LogP contribution is -2.28. The lowest BCUT2D eigenvalue weighted by Gasteiger charge is -2.34. The van der Waals surface area contributed by atoms with E-state index in [0.717, 1.165) is 17.1 Å². The van der Waals surface area contributed by atoms with Crippen LogP contribution in [-0.2, 0) is 5.41 Å². The van der Waals surface area contributed by atoms with Crippen molar-refractivity contribution in [3.05, 3.63) is 270 Å². The van der Waals surface area contributed by atoms with E-state index in [-0.39, 0.29) is 0 Å². The molecule has 0 fully saturated rings. The minimum atomic E-state index is -0.491. The van der Waals surface area contributed by atoms with Crippen molar-refractivity contribution in [2.45, 2.75) is 19.3 Å². The third-order valence-corrected chi connectivity index (χ3v) is 13.6. The van der Waals surface area contributed by atoms with Crippen molar-refractivity contribution in [3.63, 3.8) is 0 Å². The van der Waals surface area contributed by atoms with E-state index in [0.29, 0.717) is 0 Å². The summed E-state index contributed by atoms with van der Waals surface area (Å²) in [4.78, 5) is 2.36. The summed E-state index contributed by atoms with van der Waals surface area (Å²) >= 11 is 0. The van der Waals surface area contributed by atoms with Crippen LogP contribution in [-0.4, -0.2) is 0 Å². The highest BCUT2D eigenvalue weighted by molar-refractivity contribution is 6.25. The fourth-order valence-corrected chi connectivity index (χ4v) is 10.8. The molecule has 12 rings (SSSR count). The van der Waals surface area contributed by atoms with Crippen LogP contribution in [0, 0.1) is 13.8 Å². The number of benzene rings is 11. The highest BCUT2D eigenvalue weighted by Gasteiger charge is 2.47. The Morgan fingerprint density at radius 2 is 0.750 bits per heavy atom. The molecule has 0 N–H and O–H groups in total. The van der Waals surface area contributed by atoms with Crippen LogP contribution in [0.5, 0.6) is 0 Å². The Morgan fingerprint density at radius 3 is 1.33 bits per heavy atom. The largest absolute Gasteiger partial charge is 0.311 e. The van der Waals surface area contributed by atoms with E-state index in [9.17, 15) is 0 Å². The smallest absolute Gasteiger partial charge is 0.0713 e. The maximum Gasteiger partial charge on any atom is 0.0713 e. The summed E-state index contributed by atoms with van der Waals surface area (Å²) in [6.07, 6.45) is 0. The molecule has 1 aliphatic rings. The lowest BCUT2D eigenvalue weighted by molar-refractivity contribution is 0.768. The van der Waals surface area contributed by atoms with Crippen molar-refractivity contribution >= 4 is 49.4 Å². The van der Waals surface area contributed by atoms with Gasteiger partial charge in [-0.2, -0.15) is 0 Å². The molecule has 0 bridgehead atoms. The normalized spacial score (nSPS) is 12.7. The van der Waals surface area contributed by atoms with Gasteiger partial charge in [0.05, 0.1) is 5.41 Å². The Balaban J connectivity index is 1.13. The zero-order valence-corrected chi connectivity index (χ0v) is 36.0. The third-order valence-electron chi connectivity index (χ3n) is 13.6. The van der Waals surface area contributed by atoms with E-state index >= 15 is 0 Å². The van der Waals surface area contributed by atoms with Crippen LogP contribution in [0.4, 0.5) is 17.1 Å². The zero-order valence-electron chi connectivity index (χ0n) is 36.0. The fourth-order valence-electron chi connectivity index (χ4n) is 10.8. The van der Waals surface area contributed by atoms with E-state index in [4.69, 9.17) is 0 Å². The lowest BCUT2D eigenvalue weighted by atomic mass is 9.67. The first kappa shape index (κ1) is 37.7. The van der Waals surface area contributed by atoms with E-state index in [2.05, 4.69) is 255 Å². The molecule has 64 heavy (non-hydrogen) atoms. The fraction of sp³-hybridized carbons (Fsp3) is 0.0476. The monoisotopic (exact) mass is 815 g/mol. The maximum atomic E-state index is 2.45. The molecule has 1 nitrogen and oxygen atoms in total. The second kappa shape index (κ2) is 15.1. The molecule has 0 atom stereocenters. The molecule has 0 saturated heterocycles. The van der Waals surface area contributed by atoms with Crippen molar-refractivity contribution in [1.29, 1.82) is 0 Å². The first-order valence-corrected chi connectivity index (χ1v) is 22.3. The predicted octanol–water partition coefficient (Wildman–Crippen LogP) is 16.9. The Kier molecular flexibility index (Phi) is 8.91. The van der Waals surface area contributed by atoms with E-state index in [1.54, 1.807) is 0 Å². The van der Waals surface area contributed by atoms with Crippen molar-refractivity contribution < 1.29 is 0 Å². The maximum absolute atomic E-state index is 2.45. The summed E-state index contributed by atoms with van der Waals surface area (Å²) in [5, 5.41) is 7.44. The number of rotatable bonds is 7. The molecule has 11 aromatic carbocycles. The molecule has 0 saturated carbocycles. The van der Waals surface area contributed by atoms with Gasteiger partial charge in [0.15, 0.2) is 0 Å². The predicted molar refractivity (Wildman–Crippen MR) is 271 cm³/mol. The second-order valence-corrected chi connectivity index (χ2v) is 17.3. The summed E-state index contributed by atoms with van der Waals surface area (Å²) in [7, 11) is 0. The average molecular weight is 816 g/mol. The van der Waals surface area contributed by atoms with Gasteiger partial charge in [-0.25, -0.2) is 0 Å². The second-order valence-electron chi connectivity index (χ2n) is 17.3. The molecule has 1 heteroatoms. The van der Waals surface area contributed by atoms with Gasteiger partial charge in [0.1, 0.15) is 0 Å². The number of hydrogen-bond acceptors (Lipinski definition) is 1. The molecule has 11 aromatic rings. The SMILES string of the molecule is Cc1ccc(N(c2ccc(C)cc2)c2ccc(-c3c4ccccc4c(-c4cccc5c4-c4ccccc4C5(c4ccccc4)c4ccccc4)c4cc5ccccc5cc34)cc2)cc1. The molecule has 0 spiro atoms. The molecule has 0 amide bonds. The quantitative estimate of drug-likeness (QED) is 0.145. The van der Waals surface area contributed by atoms with Crippen molar-refractivity contribution in [2.75, 3.05) is 4.90 Å². The molecular formula is C63H45N. The first-order chi connectivity index (χ1) is 31.6. The van der Waals surface area contributed by atoms with Crippen molar-refractivity contribution in [1.82, 2.24) is 0 Å². The third kappa shape index (κ3) is 5.85. The standard InChI is InChI=1S/C63H45N/c1-42-28-34-49(35-29-42)64(50-36-30-43(2)31-37-50)51-38-32-44(33-39-51)60-52-22-11-12-23-53(52)61(57-41-46-17-10-9-16-45(46)40-56(57)60)55-25-15-27-59-62(55)54-24-13-14-26-58(54)63(59,47-18-5-3-6-19-47)48-20-7-4-8-21-48/h3-41H,1-2H3. The van der Waals surface area contributed by atoms with Crippen LogP contribution in [0.3, 0.4) is 0 Å². The van der Waals surface area contributed by atoms with Gasteiger partial charge in [0.2, 0.25) is 0 Å². The summed E-state index contributed by atoms with van der Waals surface area (Å²) in [6, 6.07) is 88.1. The Labute approximate surface area is 375 Å². The van der Waals surface area contributed by atoms with Crippen LogP contribution in [0.2, 0.25) is 0 Å². The molecular weight excluding hydrogens is 771 g/mol. The van der Waals surface area contributed by atoms with Gasteiger partial charge in [0, 0.05) is 17.1 Å². The summed E-state index contributed by atoms with van der Waals surface area (Å²) in [5.41, 5.74) is 18.1. The van der Waals surface area contributed by atoms with Gasteiger partial charge in [-0.3, -0.25) is 0 Å². The Morgan fingerprint density at radius 1 is 0.312 bits per heavy atom. The van der Waals surface area contributed by atoms with Gasteiger partial charge in [0.25, 0.3) is 0 Å². The molecule has 1 aliphatic carbocycles. The van der Waals surface area contributed by atoms with Crippen molar-refractivity contribution in [3.8, 4) is 33.4 Å². The summed E-state index contributed by atoms with van der Waals surface area (Å²) in [6.45, 7) is 4.29. The topological polar surface area (TPSA) is 3.24 Å². The highest BCUT2D eigenvalue weighted by atomic mass is 15.1. The summed E-state index contributed by atoms with van der Waals surface area (Å²) in [5.74, 6) is 0. The van der Waals surface area contributed by atoms with Gasteiger partial charge in [-0.05, 0) is 150 Å². The number of anilines is 3. The van der Waals surface area contributed by atoms with Gasteiger partial charge in [-0.15, -0.1) is 0 Å². The van der Waals surface area contributed by atoms with E-state index < -0.39 is 5.41 Å². The van der Waals surface area contributed by atoms with E-state index in [1.807, 2.05) is 0 Å². The number of nitrogens with zero attached hydrogens (tertiary/aromatic N) is 1. The van der Waals surface area contributed by atoms with E-state index in [1.165, 1.54) is 99.1 Å². The van der Waals surface area contributed by atoms with Crippen LogP contribution in [0.15, 0.2) is 237 Å². The molecule has 0 radical (unpaired) electrons. The molecule has 302 valence electrons. The first-order valence-electron chi connectivity index (χ1n) is 22.3. The minimum Gasteiger partial charge on any atom is -0.311 e. The van der Waals surface area contributed by atoms with Crippen LogP contribution < -0.4 is 4.90 Å². The molecule has 0 unspecified atom stereocenters. The highest BCUT2D eigenvalue weighted by Crippen LogP contribution is 2.59. The van der Waals surface area contributed by atoms with Gasteiger partial charge >= 0.3 is 0 Å². The van der Waals surface area contributed by atoms with Crippen molar-refractivity contribution in [2.24, 2.45) is 0 Å². The zero-order chi connectivity index (χ0) is 42.8. The molecule has 0 aliphatic heterocycles. The summed E-state index contributed by atoms with van der Waals surface area (Å²) < 4.78 is 0. The number of aryl methyl sites for hydroxylation is 2. The van der Waals surface area contributed by atoms with Crippen LogP contribution in [0.25, 0.3) is 65.7 Å². The minimum absolute atomic E-state index is 0.491. The average Bonchev–Trinajstić information content (AvgIpc) is 3.66. The van der Waals surface area contributed by atoms with Crippen LogP contribution >= 0.6 is 0 Å². The van der Waals surface area contributed by atoms with Crippen LogP contribution in [0.1, 0.15) is 33.4 Å². The van der Waals surface area contributed by atoms with Gasteiger partial charge < -0.3 is 4.90 Å². The molecule has 0 heterocycles. The number of fused-ring (bicyclic) bond motifs is 6. The molecule has 0 aromatic heterocycles. The number of hydrogen-bond donors (Lipinski definition) is 0. The Hall–Kier alpha value is -8.00. The Bertz CT molecular complexity index is 3450.